The summed E-state index contributed by atoms with van der Waals surface area (Å²) in [4.78, 5) is 9.67. The fraction of sp³-hybridized carbons (Fsp3) is 0. The molecule has 0 bridgehead atoms. The highest BCUT2D eigenvalue weighted by atomic mass is 16.5. The van der Waals surface area contributed by atoms with Gasteiger partial charge in [-0.05, 0) is 69.8 Å². The van der Waals surface area contributed by atoms with Crippen LogP contribution in [0.2, 0.25) is 0 Å². The van der Waals surface area contributed by atoms with Gasteiger partial charge in [0.15, 0.2) is 0 Å². The topological polar surface area (TPSA) is 35.0 Å². The number of fused-ring (bicyclic) bond motifs is 7. The number of benzene rings is 7. The Hall–Kier alpha value is -6.84. The summed E-state index contributed by atoms with van der Waals surface area (Å²) < 4.78 is 7.38. The Morgan fingerprint density at radius 2 is 0.686 bits per heavy atom. The van der Waals surface area contributed by atoms with E-state index in [2.05, 4.69) is 158 Å². The smallest absolute Gasteiger partial charge is 0.143 e. The summed E-state index contributed by atoms with van der Waals surface area (Å²) in [6.45, 7) is 0. The lowest BCUT2D eigenvalue weighted by Gasteiger charge is -2.20. The minimum absolute atomic E-state index is 0.834. The Labute approximate surface area is 296 Å². The first-order valence-corrected chi connectivity index (χ1v) is 17.2. The molecule has 0 atom stereocenters. The van der Waals surface area contributed by atoms with Gasteiger partial charge in [0, 0.05) is 56.5 Å². The Morgan fingerprint density at radius 1 is 0.294 bits per heavy atom. The highest BCUT2D eigenvalue weighted by Crippen LogP contribution is 2.55. The first-order valence-electron chi connectivity index (χ1n) is 17.2. The summed E-state index contributed by atoms with van der Waals surface area (Å²) in [5, 5.41) is 2.22. The zero-order chi connectivity index (χ0) is 33.7. The summed E-state index contributed by atoms with van der Waals surface area (Å²) in [5.74, 6) is 1.67. The molecule has 3 heteroatoms. The van der Waals surface area contributed by atoms with Gasteiger partial charge in [-0.1, -0.05) is 133 Å². The molecule has 238 valence electrons. The number of pyridine rings is 2. The van der Waals surface area contributed by atoms with Crippen LogP contribution in [0.1, 0.15) is 0 Å². The molecule has 7 aromatic carbocycles. The number of rotatable bonds is 4. The number of para-hydroxylation sites is 2. The van der Waals surface area contributed by atoms with E-state index in [4.69, 9.17) is 14.7 Å². The minimum Gasteiger partial charge on any atom is -0.455 e. The zero-order valence-electron chi connectivity index (χ0n) is 27.6. The second-order valence-electron chi connectivity index (χ2n) is 12.9. The molecule has 1 aliphatic rings. The first-order chi connectivity index (χ1) is 25.3. The van der Waals surface area contributed by atoms with E-state index in [9.17, 15) is 0 Å². The molecule has 51 heavy (non-hydrogen) atoms. The molecule has 0 aliphatic carbocycles. The summed E-state index contributed by atoms with van der Waals surface area (Å²) in [7, 11) is 0. The van der Waals surface area contributed by atoms with E-state index in [1.807, 2.05) is 24.5 Å². The summed E-state index contributed by atoms with van der Waals surface area (Å²) in [6, 6.07) is 60.0. The largest absolute Gasteiger partial charge is 0.455 e. The molecule has 1 aliphatic heterocycles. The van der Waals surface area contributed by atoms with Gasteiger partial charge >= 0.3 is 0 Å². The van der Waals surface area contributed by atoms with Gasteiger partial charge in [-0.25, -0.2) is 0 Å². The Morgan fingerprint density at radius 3 is 1.16 bits per heavy atom. The highest BCUT2D eigenvalue weighted by Gasteiger charge is 2.28. The fourth-order valence-electron chi connectivity index (χ4n) is 7.58. The molecule has 0 unspecified atom stereocenters. The van der Waals surface area contributed by atoms with Crippen LogP contribution in [-0.2, 0) is 0 Å². The van der Waals surface area contributed by atoms with Gasteiger partial charge in [-0.2, -0.15) is 0 Å². The quantitative estimate of drug-likeness (QED) is 0.190. The van der Waals surface area contributed by atoms with Crippen molar-refractivity contribution in [1.29, 1.82) is 0 Å². The average molecular weight is 651 g/mol. The van der Waals surface area contributed by atoms with E-state index in [1.165, 1.54) is 0 Å². The number of hydrogen-bond acceptors (Lipinski definition) is 3. The van der Waals surface area contributed by atoms with Crippen LogP contribution in [0.5, 0.6) is 11.5 Å². The normalized spacial score (nSPS) is 11.7. The van der Waals surface area contributed by atoms with Gasteiger partial charge in [0.1, 0.15) is 11.5 Å². The molecule has 10 rings (SSSR count). The highest BCUT2D eigenvalue weighted by molar-refractivity contribution is 6.03. The molecule has 0 saturated carbocycles. The predicted octanol–water partition coefficient (Wildman–Crippen LogP) is 12.9. The van der Waals surface area contributed by atoms with Crippen LogP contribution in [0.3, 0.4) is 0 Å². The lowest BCUT2D eigenvalue weighted by Crippen LogP contribution is -1.96. The lowest BCUT2D eigenvalue weighted by molar-refractivity contribution is 0.491. The van der Waals surface area contributed by atoms with Gasteiger partial charge in [-0.3, -0.25) is 9.97 Å². The molecule has 0 spiro atoms. The zero-order valence-corrected chi connectivity index (χ0v) is 27.6. The number of hydrogen-bond donors (Lipinski definition) is 0. The molecule has 9 aromatic rings. The summed E-state index contributed by atoms with van der Waals surface area (Å²) in [6.07, 6.45) is 3.74. The second-order valence-corrected chi connectivity index (χ2v) is 12.9. The van der Waals surface area contributed by atoms with Crippen molar-refractivity contribution in [1.82, 2.24) is 9.97 Å². The maximum atomic E-state index is 7.38. The van der Waals surface area contributed by atoms with Crippen LogP contribution in [0, 0.1) is 0 Å². The molecular formula is C48H30N2O. The minimum atomic E-state index is 0.834. The van der Waals surface area contributed by atoms with Crippen molar-refractivity contribution in [2.45, 2.75) is 0 Å². The van der Waals surface area contributed by atoms with Crippen molar-refractivity contribution < 1.29 is 4.74 Å². The van der Waals surface area contributed by atoms with Crippen molar-refractivity contribution in [2.24, 2.45) is 0 Å². The molecule has 0 fully saturated rings. The maximum absolute atomic E-state index is 7.38. The third-order valence-electron chi connectivity index (χ3n) is 9.95. The molecular weight excluding hydrogens is 621 g/mol. The van der Waals surface area contributed by atoms with E-state index in [1.54, 1.807) is 0 Å². The van der Waals surface area contributed by atoms with E-state index in [0.717, 1.165) is 100 Å². The molecule has 0 saturated heterocycles. The Kier molecular flexibility index (Phi) is 6.81. The van der Waals surface area contributed by atoms with Gasteiger partial charge in [0.25, 0.3) is 0 Å². The molecule has 0 radical (unpaired) electrons. The predicted molar refractivity (Wildman–Crippen MR) is 210 cm³/mol. The fourth-order valence-corrected chi connectivity index (χ4v) is 7.58. The summed E-state index contributed by atoms with van der Waals surface area (Å²) in [5.41, 5.74) is 14.8. The Bertz CT molecular complexity index is 2570. The van der Waals surface area contributed by atoms with E-state index in [-0.39, 0.29) is 0 Å². The summed E-state index contributed by atoms with van der Waals surface area (Å²) >= 11 is 0. The van der Waals surface area contributed by atoms with E-state index in [0.29, 0.717) is 0 Å². The SMILES string of the molecule is c1ccc(-c2cc(-c3cccc4cccnc34)cc3c2Oc2c(-c4ccccc4)cc(-c4cccc5cccnc45)cc2-c2ccccc2-3)cc1. The monoisotopic (exact) mass is 650 g/mol. The van der Waals surface area contributed by atoms with Crippen molar-refractivity contribution >= 4 is 21.8 Å². The van der Waals surface area contributed by atoms with Crippen molar-refractivity contribution in [3.8, 4) is 78.3 Å². The molecule has 3 heterocycles. The number of nitrogens with zero attached hydrogens (tertiary/aromatic N) is 2. The van der Waals surface area contributed by atoms with Gasteiger partial charge < -0.3 is 4.74 Å². The molecule has 3 nitrogen and oxygen atoms in total. The van der Waals surface area contributed by atoms with Crippen molar-refractivity contribution in [2.75, 3.05) is 0 Å². The second kappa shape index (κ2) is 11.9. The van der Waals surface area contributed by atoms with Gasteiger partial charge in [0.2, 0.25) is 0 Å². The van der Waals surface area contributed by atoms with Crippen LogP contribution >= 0.6 is 0 Å². The Balaban J connectivity index is 1.30. The lowest BCUT2D eigenvalue weighted by atomic mass is 9.87. The van der Waals surface area contributed by atoms with Gasteiger partial charge in [0.05, 0.1) is 11.0 Å². The molecule has 0 amide bonds. The molecule has 2 aromatic heterocycles. The van der Waals surface area contributed by atoms with Crippen LogP contribution in [-0.4, -0.2) is 9.97 Å². The van der Waals surface area contributed by atoms with E-state index >= 15 is 0 Å². The average Bonchev–Trinajstić information content (AvgIpc) is 3.35. The number of aromatic nitrogens is 2. The van der Waals surface area contributed by atoms with Crippen LogP contribution in [0.25, 0.3) is 88.6 Å². The third kappa shape index (κ3) is 4.90. The third-order valence-corrected chi connectivity index (χ3v) is 9.95. The van der Waals surface area contributed by atoms with Gasteiger partial charge in [-0.15, -0.1) is 0 Å². The van der Waals surface area contributed by atoms with Crippen LogP contribution in [0.15, 0.2) is 182 Å². The van der Waals surface area contributed by atoms with Crippen molar-refractivity contribution in [3.63, 3.8) is 0 Å². The van der Waals surface area contributed by atoms with Crippen LogP contribution < -0.4 is 4.74 Å². The molecule has 0 N–H and O–H groups in total. The van der Waals surface area contributed by atoms with Crippen LogP contribution in [0.4, 0.5) is 0 Å². The number of ether oxygens (including phenoxy) is 1. The van der Waals surface area contributed by atoms with E-state index < -0.39 is 0 Å². The maximum Gasteiger partial charge on any atom is 0.143 e. The standard InChI is InChI=1S/C48H30N2O/c1-3-13-31(14-4-1)41-27-35(37-23-9-17-33-19-11-25-49-45(33)37)29-43-39-21-7-8-22-40(39)44-30-36(38-24-10-18-34-20-12-26-50-46(34)38)28-42(48(44)51-47(41)43)32-15-5-2-6-16-32/h1-30H. The van der Waals surface area contributed by atoms with Crippen molar-refractivity contribution in [3.05, 3.63) is 182 Å². The first kappa shape index (κ1) is 29.1.